The van der Waals surface area contributed by atoms with E-state index in [0.29, 0.717) is 12.6 Å². The van der Waals surface area contributed by atoms with E-state index in [4.69, 9.17) is 4.98 Å². The van der Waals surface area contributed by atoms with E-state index in [1.807, 2.05) is 66.7 Å². The number of pyridine rings is 1. The quantitative estimate of drug-likeness (QED) is 0.199. The largest absolute Gasteiger partial charge is 0.341 e. The molecule has 1 amide bonds. The Labute approximate surface area is 254 Å². The van der Waals surface area contributed by atoms with Gasteiger partial charge in [-0.2, -0.15) is 0 Å². The zero-order valence-electron chi connectivity index (χ0n) is 24.8. The predicted octanol–water partition coefficient (Wildman–Crippen LogP) is 6.38. The van der Waals surface area contributed by atoms with Crippen LogP contribution in [0.15, 0.2) is 109 Å². The first kappa shape index (κ1) is 28.6. The molecule has 6 rings (SSSR count). The molecule has 7 nitrogen and oxygen atoms in total. The number of hydrogen-bond donors (Lipinski definition) is 1. The maximum atomic E-state index is 13.1. The van der Waals surface area contributed by atoms with Crippen LogP contribution in [0.1, 0.15) is 46.8 Å². The van der Waals surface area contributed by atoms with E-state index in [1.165, 1.54) is 5.56 Å². The zero-order valence-corrected chi connectivity index (χ0v) is 24.8. The number of fused-ring (bicyclic) bond motifs is 1. The summed E-state index contributed by atoms with van der Waals surface area (Å²) in [6.45, 7) is 4.49. The van der Waals surface area contributed by atoms with Crippen LogP contribution in [0, 0.1) is 0 Å². The number of benzene rings is 3. The van der Waals surface area contributed by atoms with Crippen molar-refractivity contribution in [3.63, 3.8) is 0 Å². The number of carbonyl (C=O) groups excluding carboxylic acids is 1. The molecule has 0 saturated carbocycles. The van der Waals surface area contributed by atoms with E-state index < -0.39 is 0 Å². The van der Waals surface area contributed by atoms with Crippen molar-refractivity contribution in [1.29, 1.82) is 0 Å². The van der Waals surface area contributed by atoms with Gasteiger partial charge in [-0.05, 0) is 67.8 Å². The number of aromatic amines is 1. The molecule has 0 spiro atoms. The molecule has 0 radical (unpaired) electrons. The average Bonchev–Trinajstić information content (AvgIpc) is 3.51. The van der Waals surface area contributed by atoms with Gasteiger partial charge < -0.3 is 19.7 Å². The molecule has 0 bridgehead atoms. The van der Waals surface area contributed by atoms with Crippen molar-refractivity contribution in [2.75, 3.05) is 38.1 Å². The highest BCUT2D eigenvalue weighted by atomic mass is 16.2. The SMILES string of the molecule is CN(CC(CCN1CCC(N(Cc2ccccn2)c2nc3ccccc3[nH]2)CC1)c1ccccc1)C(=O)c1ccccc1. The number of aromatic nitrogens is 3. The second kappa shape index (κ2) is 13.7. The Kier molecular flexibility index (Phi) is 9.09. The summed E-state index contributed by atoms with van der Waals surface area (Å²) >= 11 is 0. The van der Waals surface area contributed by atoms with Crippen molar-refractivity contribution in [1.82, 2.24) is 24.8 Å². The highest BCUT2D eigenvalue weighted by Gasteiger charge is 2.28. The van der Waals surface area contributed by atoms with E-state index in [-0.39, 0.29) is 11.8 Å². The third kappa shape index (κ3) is 7.12. The highest BCUT2D eigenvalue weighted by molar-refractivity contribution is 5.94. The minimum absolute atomic E-state index is 0.0703. The molecule has 1 saturated heterocycles. The van der Waals surface area contributed by atoms with E-state index in [2.05, 4.69) is 74.4 Å². The van der Waals surface area contributed by atoms with Crippen LogP contribution in [-0.2, 0) is 6.54 Å². The number of rotatable bonds is 11. The summed E-state index contributed by atoms with van der Waals surface area (Å²) < 4.78 is 0. The summed E-state index contributed by atoms with van der Waals surface area (Å²) in [7, 11) is 1.92. The summed E-state index contributed by atoms with van der Waals surface area (Å²) in [6, 6.07) is 34.9. The summed E-state index contributed by atoms with van der Waals surface area (Å²) in [5.74, 6) is 1.26. The van der Waals surface area contributed by atoms with Gasteiger partial charge in [0.05, 0.1) is 23.3 Å². The van der Waals surface area contributed by atoms with Crippen LogP contribution in [0.25, 0.3) is 11.0 Å². The number of piperidine rings is 1. The fraction of sp³-hybridized carbons (Fsp3) is 0.306. The van der Waals surface area contributed by atoms with Gasteiger partial charge in [0.25, 0.3) is 5.91 Å². The van der Waals surface area contributed by atoms with Crippen LogP contribution in [0.2, 0.25) is 0 Å². The molecule has 0 aliphatic carbocycles. The van der Waals surface area contributed by atoms with Crippen LogP contribution >= 0.6 is 0 Å². The van der Waals surface area contributed by atoms with Crippen molar-refractivity contribution in [2.45, 2.75) is 37.8 Å². The second-order valence-electron chi connectivity index (χ2n) is 11.5. The van der Waals surface area contributed by atoms with Crippen molar-refractivity contribution in [3.05, 3.63) is 126 Å². The van der Waals surface area contributed by atoms with Crippen LogP contribution in [0.3, 0.4) is 0 Å². The molecule has 1 atom stereocenters. The minimum atomic E-state index is 0.0703. The summed E-state index contributed by atoms with van der Waals surface area (Å²) in [5, 5.41) is 0. The predicted molar refractivity (Wildman–Crippen MR) is 173 cm³/mol. The summed E-state index contributed by atoms with van der Waals surface area (Å²) in [6.07, 6.45) is 4.99. The van der Waals surface area contributed by atoms with Gasteiger partial charge in [-0.3, -0.25) is 9.78 Å². The van der Waals surface area contributed by atoms with Crippen LogP contribution < -0.4 is 4.90 Å². The number of hydrogen-bond acceptors (Lipinski definition) is 5. The number of carbonyl (C=O) groups is 1. The zero-order chi connectivity index (χ0) is 29.4. The number of likely N-dealkylation sites (tertiary alicyclic amines) is 1. The Balaban J connectivity index is 1.11. The first-order valence-corrected chi connectivity index (χ1v) is 15.3. The van der Waals surface area contributed by atoms with Gasteiger partial charge in [0.2, 0.25) is 5.95 Å². The lowest BCUT2D eigenvalue weighted by Gasteiger charge is -2.39. The van der Waals surface area contributed by atoms with Gasteiger partial charge in [-0.1, -0.05) is 66.7 Å². The van der Waals surface area contributed by atoms with E-state index >= 15 is 0 Å². The molecule has 1 unspecified atom stereocenters. The van der Waals surface area contributed by atoms with Crippen LogP contribution in [0.5, 0.6) is 0 Å². The molecule has 7 heteroatoms. The summed E-state index contributed by atoms with van der Waals surface area (Å²) in [5.41, 5.74) is 5.12. The lowest BCUT2D eigenvalue weighted by molar-refractivity contribution is 0.0781. The Hall–Kier alpha value is -4.49. The van der Waals surface area contributed by atoms with Gasteiger partial charge in [0.1, 0.15) is 0 Å². The molecular formula is C36H40N6O. The van der Waals surface area contributed by atoms with Gasteiger partial charge in [0, 0.05) is 50.4 Å². The number of amides is 1. The van der Waals surface area contributed by atoms with Crippen LogP contribution in [0.4, 0.5) is 5.95 Å². The first-order valence-electron chi connectivity index (χ1n) is 15.3. The van der Waals surface area contributed by atoms with Crippen LogP contribution in [-0.4, -0.2) is 69.9 Å². The number of likely N-dealkylation sites (N-methyl/N-ethyl adjacent to an activating group) is 1. The Morgan fingerprint density at radius 1 is 0.907 bits per heavy atom. The number of nitrogens with zero attached hydrogens (tertiary/aromatic N) is 5. The summed E-state index contributed by atoms with van der Waals surface area (Å²) in [4.78, 5) is 33.1. The van der Waals surface area contributed by atoms with Gasteiger partial charge >= 0.3 is 0 Å². The molecule has 5 aromatic rings. The smallest absolute Gasteiger partial charge is 0.253 e. The second-order valence-corrected chi connectivity index (χ2v) is 11.5. The van der Waals surface area contributed by atoms with Gasteiger partial charge in [-0.25, -0.2) is 4.98 Å². The molecule has 3 heterocycles. The fourth-order valence-electron chi connectivity index (χ4n) is 6.21. The number of nitrogens with one attached hydrogen (secondary N) is 1. The molecule has 220 valence electrons. The van der Waals surface area contributed by atoms with E-state index in [0.717, 1.165) is 73.7 Å². The lowest BCUT2D eigenvalue weighted by atomic mass is 9.94. The standard InChI is InChI=1S/C36H40N6O/c1-40(35(43)29-14-6-3-7-15-29)26-30(28-12-4-2-5-13-28)19-23-41-24-20-32(21-25-41)42(27-31-16-10-11-22-37-31)36-38-33-17-8-9-18-34(33)39-36/h2-18,22,30,32H,19-21,23-27H2,1H3,(H,38,39). The van der Waals surface area contributed by atoms with Crippen molar-refractivity contribution in [2.24, 2.45) is 0 Å². The highest BCUT2D eigenvalue weighted by Crippen LogP contribution is 2.27. The van der Waals surface area contributed by atoms with E-state index in [9.17, 15) is 4.79 Å². The maximum Gasteiger partial charge on any atom is 0.253 e. The molecule has 3 aromatic carbocycles. The Morgan fingerprint density at radius 2 is 1.60 bits per heavy atom. The number of H-pyrrole nitrogens is 1. The number of para-hydroxylation sites is 2. The first-order chi connectivity index (χ1) is 21.1. The maximum absolute atomic E-state index is 13.1. The molecule has 43 heavy (non-hydrogen) atoms. The number of imidazole rings is 1. The van der Waals surface area contributed by atoms with Crippen molar-refractivity contribution < 1.29 is 4.79 Å². The third-order valence-corrected chi connectivity index (χ3v) is 8.63. The molecule has 1 aliphatic heterocycles. The lowest BCUT2D eigenvalue weighted by Crippen LogP contribution is -2.45. The molecule has 1 aliphatic rings. The molecular weight excluding hydrogens is 532 g/mol. The topological polar surface area (TPSA) is 68.4 Å². The van der Waals surface area contributed by atoms with E-state index in [1.54, 1.807) is 0 Å². The normalized spacial score (nSPS) is 14.9. The van der Waals surface area contributed by atoms with Gasteiger partial charge in [0.15, 0.2) is 0 Å². The molecule has 1 N–H and O–H groups in total. The fourth-order valence-corrected chi connectivity index (χ4v) is 6.21. The van der Waals surface area contributed by atoms with Crippen molar-refractivity contribution >= 4 is 22.9 Å². The third-order valence-electron chi connectivity index (χ3n) is 8.63. The van der Waals surface area contributed by atoms with Crippen molar-refractivity contribution in [3.8, 4) is 0 Å². The number of anilines is 1. The Morgan fingerprint density at radius 3 is 2.33 bits per heavy atom. The average molecular weight is 573 g/mol. The molecule has 1 fully saturated rings. The Bertz CT molecular complexity index is 1550. The minimum Gasteiger partial charge on any atom is -0.341 e. The molecule has 2 aromatic heterocycles. The monoisotopic (exact) mass is 572 g/mol. The van der Waals surface area contributed by atoms with Gasteiger partial charge in [-0.15, -0.1) is 0 Å².